The van der Waals surface area contributed by atoms with Crippen molar-refractivity contribution in [2.75, 3.05) is 18.0 Å². The van der Waals surface area contributed by atoms with Crippen LogP contribution in [0.25, 0.3) is 11.4 Å². The van der Waals surface area contributed by atoms with Crippen molar-refractivity contribution in [2.45, 2.75) is 45.6 Å². The van der Waals surface area contributed by atoms with E-state index in [0.717, 1.165) is 37.3 Å². The average molecular weight is 338 g/mol. The third kappa shape index (κ3) is 4.56. The van der Waals surface area contributed by atoms with Gasteiger partial charge in [0, 0.05) is 30.3 Å². The van der Waals surface area contributed by atoms with Crippen LogP contribution in [0, 0.1) is 0 Å². The van der Waals surface area contributed by atoms with Gasteiger partial charge >= 0.3 is 0 Å². The Morgan fingerprint density at radius 3 is 2.36 bits per heavy atom. The van der Waals surface area contributed by atoms with Crippen LogP contribution in [-0.4, -0.2) is 34.5 Å². The number of hydrogen-bond acceptors (Lipinski definition) is 4. The van der Waals surface area contributed by atoms with Crippen molar-refractivity contribution in [3.05, 3.63) is 42.1 Å². The van der Waals surface area contributed by atoms with Crippen LogP contribution < -0.4 is 10.2 Å². The van der Waals surface area contributed by atoms with E-state index >= 15 is 0 Å². The molecule has 1 aromatic carbocycles. The summed E-state index contributed by atoms with van der Waals surface area (Å²) in [7, 11) is 0. The van der Waals surface area contributed by atoms with Crippen molar-refractivity contribution < 1.29 is 4.79 Å². The lowest BCUT2D eigenvalue weighted by Crippen LogP contribution is -2.41. The summed E-state index contributed by atoms with van der Waals surface area (Å²) in [4.78, 5) is 24.2. The Balaban J connectivity index is 2.00. The minimum atomic E-state index is -0.305. The van der Waals surface area contributed by atoms with Gasteiger partial charge in [-0.3, -0.25) is 4.79 Å². The Kier molecular flexibility index (Phi) is 5.02. The largest absolute Gasteiger partial charge is 0.356 e. The van der Waals surface area contributed by atoms with E-state index in [4.69, 9.17) is 4.98 Å². The van der Waals surface area contributed by atoms with Crippen molar-refractivity contribution in [2.24, 2.45) is 0 Å². The summed E-state index contributed by atoms with van der Waals surface area (Å²) in [5.74, 6) is 1.28. The highest BCUT2D eigenvalue weighted by molar-refractivity contribution is 5.94. The standard InChI is InChI=1S/C20H26N4O/c1-20(2,3)23-19(25)16-14-17(24-12-8-5-9-13-24)22-18(21-16)15-10-6-4-7-11-15/h4,6-7,10-11,14H,5,8-9,12-13H2,1-3H3,(H,23,25). The van der Waals surface area contributed by atoms with Gasteiger partial charge in [0.05, 0.1) is 0 Å². The molecule has 2 heterocycles. The zero-order valence-electron chi connectivity index (χ0n) is 15.2. The van der Waals surface area contributed by atoms with Gasteiger partial charge in [0.25, 0.3) is 5.91 Å². The fraction of sp³-hybridized carbons (Fsp3) is 0.450. The molecule has 0 spiro atoms. The lowest BCUT2D eigenvalue weighted by molar-refractivity contribution is 0.0914. The monoisotopic (exact) mass is 338 g/mol. The molecule has 1 aromatic heterocycles. The number of hydrogen-bond donors (Lipinski definition) is 1. The van der Waals surface area contributed by atoms with Gasteiger partial charge in [-0.25, -0.2) is 9.97 Å². The van der Waals surface area contributed by atoms with Crippen LogP contribution in [0.5, 0.6) is 0 Å². The molecule has 0 aliphatic carbocycles. The molecule has 0 bridgehead atoms. The number of carbonyl (C=O) groups is 1. The Morgan fingerprint density at radius 1 is 1.04 bits per heavy atom. The van der Waals surface area contributed by atoms with Crippen LogP contribution in [0.15, 0.2) is 36.4 Å². The summed E-state index contributed by atoms with van der Waals surface area (Å²) in [5, 5.41) is 3.00. The quantitative estimate of drug-likeness (QED) is 0.928. The summed E-state index contributed by atoms with van der Waals surface area (Å²) < 4.78 is 0. The maximum Gasteiger partial charge on any atom is 0.270 e. The molecule has 1 amide bonds. The van der Waals surface area contributed by atoms with E-state index in [1.54, 1.807) is 0 Å². The van der Waals surface area contributed by atoms with E-state index in [2.05, 4.69) is 15.2 Å². The van der Waals surface area contributed by atoms with Gasteiger partial charge in [0.15, 0.2) is 5.82 Å². The van der Waals surface area contributed by atoms with Crippen LogP contribution in [0.2, 0.25) is 0 Å². The van der Waals surface area contributed by atoms with Crippen LogP contribution in [0.1, 0.15) is 50.5 Å². The minimum absolute atomic E-state index is 0.162. The lowest BCUT2D eigenvalue weighted by Gasteiger charge is -2.28. The number of rotatable bonds is 3. The predicted octanol–water partition coefficient (Wildman–Crippen LogP) is 3.66. The molecule has 0 saturated carbocycles. The summed E-state index contributed by atoms with van der Waals surface area (Å²) in [6.45, 7) is 7.86. The maximum absolute atomic E-state index is 12.7. The van der Waals surface area contributed by atoms with E-state index in [9.17, 15) is 4.79 Å². The molecule has 5 heteroatoms. The first-order valence-corrected chi connectivity index (χ1v) is 8.94. The Labute approximate surface area is 149 Å². The average Bonchev–Trinajstić information content (AvgIpc) is 2.61. The SMILES string of the molecule is CC(C)(C)NC(=O)c1cc(N2CCCCC2)nc(-c2ccccc2)n1. The van der Waals surface area contributed by atoms with Crippen molar-refractivity contribution >= 4 is 11.7 Å². The first-order chi connectivity index (χ1) is 11.9. The molecule has 25 heavy (non-hydrogen) atoms. The second-order valence-corrected chi connectivity index (χ2v) is 7.55. The number of nitrogens with zero attached hydrogens (tertiary/aromatic N) is 3. The highest BCUT2D eigenvalue weighted by Gasteiger charge is 2.21. The van der Waals surface area contributed by atoms with Gasteiger partial charge < -0.3 is 10.2 Å². The maximum atomic E-state index is 12.7. The van der Waals surface area contributed by atoms with Gasteiger partial charge in [-0.15, -0.1) is 0 Å². The fourth-order valence-corrected chi connectivity index (χ4v) is 2.96. The summed E-state index contributed by atoms with van der Waals surface area (Å²) >= 11 is 0. The lowest BCUT2D eigenvalue weighted by atomic mass is 10.1. The minimum Gasteiger partial charge on any atom is -0.356 e. The van der Waals surface area contributed by atoms with Gasteiger partial charge in [0.1, 0.15) is 11.5 Å². The van der Waals surface area contributed by atoms with Crippen molar-refractivity contribution in [1.29, 1.82) is 0 Å². The Bertz CT molecular complexity index is 731. The van der Waals surface area contributed by atoms with E-state index in [-0.39, 0.29) is 11.4 Å². The normalized spacial score (nSPS) is 15.1. The van der Waals surface area contributed by atoms with Gasteiger partial charge in [-0.05, 0) is 40.0 Å². The van der Waals surface area contributed by atoms with Crippen LogP contribution >= 0.6 is 0 Å². The van der Waals surface area contributed by atoms with Crippen molar-refractivity contribution in [1.82, 2.24) is 15.3 Å². The molecular weight excluding hydrogens is 312 g/mol. The Hall–Kier alpha value is -2.43. The number of amides is 1. The Morgan fingerprint density at radius 2 is 1.72 bits per heavy atom. The molecule has 5 nitrogen and oxygen atoms in total. The van der Waals surface area contributed by atoms with Gasteiger partial charge in [-0.2, -0.15) is 0 Å². The molecular formula is C20H26N4O. The molecule has 0 radical (unpaired) electrons. The van der Waals surface area contributed by atoms with Crippen molar-refractivity contribution in [3.63, 3.8) is 0 Å². The fourth-order valence-electron chi connectivity index (χ4n) is 2.96. The molecule has 132 valence electrons. The number of nitrogens with one attached hydrogen (secondary N) is 1. The van der Waals surface area contributed by atoms with Crippen LogP contribution in [-0.2, 0) is 0 Å². The third-order valence-electron chi connectivity index (χ3n) is 4.15. The second-order valence-electron chi connectivity index (χ2n) is 7.55. The number of benzene rings is 1. The van der Waals surface area contributed by atoms with Gasteiger partial charge in [-0.1, -0.05) is 30.3 Å². The number of aromatic nitrogens is 2. The summed E-state index contributed by atoms with van der Waals surface area (Å²) in [6, 6.07) is 11.6. The summed E-state index contributed by atoms with van der Waals surface area (Å²) in [5.41, 5.74) is 1.04. The summed E-state index contributed by atoms with van der Waals surface area (Å²) in [6.07, 6.45) is 3.58. The molecule has 1 aliphatic heterocycles. The number of carbonyl (C=O) groups excluding carboxylic acids is 1. The van der Waals surface area contributed by atoms with E-state index in [1.165, 1.54) is 6.42 Å². The van der Waals surface area contributed by atoms with E-state index in [0.29, 0.717) is 11.5 Å². The van der Waals surface area contributed by atoms with Crippen LogP contribution in [0.3, 0.4) is 0 Å². The van der Waals surface area contributed by atoms with E-state index < -0.39 is 0 Å². The zero-order chi connectivity index (χ0) is 17.9. The topological polar surface area (TPSA) is 58.1 Å². The molecule has 1 aliphatic rings. The third-order valence-corrected chi connectivity index (χ3v) is 4.15. The number of anilines is 1. The molecule has 1 N–H and O–H groups in total. The number of piperidine rings is 1. The first-order valence-electron chi connectivity index (χ1n) is 8.94. The van der Waals surface area contributed by atoms with Crippen LogP contribution in [0.4, 0.5) is 5.82 Å². The van der Waals surface area contributed by atoms with Gasteiger partial charge in [0.2, 0.25) is 0 Å². The molecule has 0 atom stereocenters. The molecule has 2 aromatic rings. The second kappa shape index (κ2) is 7.21. The molecule has 0 unspecified atom stereocenters. The molecule has 1 fully saturated rings. The first kappa shape index (κ1) is 17.4. The molecule has 1 saturated heterocycles. The highest BCUT2D eigenvalue weighted by atomic mass is 16.2. The zero-order valence-corrected chi connectivity index (χ0v) is 15.2. The molecule has 3 rings (SSSR count). The smallest absolute Gasteiger partial charge is 0.270 e. The van der Waals surface area contributed by atoms with Crippen molar-refractivity contribution in [3.8, 4) is 11.4 Å². The highest BCUT2D eigenvalue weighted by Crippen LogP contribution is 2.23. The predicted molar refractivity (Wildman–Crippen MR) is 101 cm³/mol. The van der Waals surface area contributed by atoms with E-state index in [1.807, 2.05) is 57.2 Å².